The Morgan fingerprint density at radius 1 is 1.57 bits per heavy atom. The molecule has 7 heteroatoms. The van der Waals surface area contributed by atoms with Gasteiger partial charge in [-0.2, -0.15) is 0 Å². The molecule has 1 saturated heterocycles. The summed E-state index contributed by atoms with van der Waals surface area (Å²) in [6.07, 6.45) is 1.77. The minimum Gasteiger partial charge on any atom is -0.480 e. The normalized spacial score (nSPS) is 18.4. The summed E-state index contributed by atoms with van der Waals surface area (Å²) >= 11 is 6.11. The van der Waals surface area contributed by atoms with Gasteiger partial charge in [0.2, 0.25) is 0 Å². The highest BCUT2D eigenvalue weighted by atomic mass is 32.2. The maximum absolute atomic E-state index is 13.1. The molecule has 0 radical (unpaired) electrons. The number of thiocarbonyl (C=S) groups is 1. The van der Waals surface area contributed by atoms with Gasteiger partial charge < -0.3 is 5.11 Å². The minimum absolute atomic E-state index is 0.205. The molecule has 1 aromatic rings. The molecule has 4 nitrogen and oxygen atoms in total. The van der Waals surface area contributed by atoms with E-state index in [2.05, 4.69) is 0 Å². The first-order chi connectivity index (χ1) is 9.93. The smallest absolute Gasteiger partial charge is 0.326 e. The molecule has 0 saturated carbocycles. The zero-order valence-electron chi connectivity index (χ0n) is 11.1. The Labute approximate surface area is 130 Å². The molecule has 0 aromatic heterocycles. The Kier molecular flexibility index (Phi) is 4.74. The molecule has 2 rings (SSSR count). The SMILES string of the molecule is CC[C@@H](C(=O)O)N1C(=O)/C(=C\c2cccc(F)c2)SC1=S. The number of benzene rings is 1. The molecular formula is C14H12FNO3S2. The third kappa shape index (κ3) is 3.30. The van der Waals surface area contributed by atoms with Gasteiger partial charge in [-0.25, -0.2) is 9.18 Å². The summed E-state index contributed by atoms with van der Waals surface area (Å²) < 4.78 is 13.4. The van der Waals surface area contributed by atoms with Crippen molar-refractivity contribution < 1.29 is 19.1 Å². The van der Waals surface area contributed by atoms with Gasteiger partial charge >= 0.3 is 5.97 Å². The van der Waals surface area contributed by atoms with Crippen LogP contribution >= 0.6 is 24.0 Å². The second-order valence-corrected chi connectivity index (χ2v) is 6.04. The number of carboxylic acid groups (broad SMARTS) is 1. The number of nitrogens with zero attached hydrogens (tertiary/aromatic N) is 1. The number of hydrogen-bond donors (Lipinski definition) is 1. The van der Waals surface area contributed by atoms with Crippen LogP contribution in [0.4, 0.5) is 4.39 Å². The fraction of sp³-hybridized carbons (Fsp3) is 0.214. The van der Waals surface area contributed by atoms with E-state index in [4.69, 9.17) is 17.3 Å². The molecule has 1 heterocycles. The Bertz CT molecular complexity index is 645. The largest absolute Gasteiger partial charge is 0.480 e. The molecule has 1 aromatic carbocycles. The third-order valence-electron chi connectivity index (χ3n) is 2.95. The molecule has 110 valence electrons. The van der Waals surface area contributed by atoms with Crippen molar-refractivity contribution in [1.29, 1.82) is 0 Å². The van der Waals surface area contributed by atoms with Crippen LogP contribution in [0.5, 0.6) is 0 Å². The van der Waals surface area contributed by atoms with Gasteiger partial charge in [-0.15, -0.1) is 0 Å². The lowest BCUT2D eigenvalue weighted by Gasteiger charge is -2.21. The first-order valence-corrected chi connectivity index (χ1v) is 7.42. The van der Waals surface area contributed by atoms with Crippen molar-refractivity contribution in [3.05, 3.63) is 40.6 Å². The van der Waals surface area contributed by atoms with E-state index in [9.17, 15) is 14.0 Å². The molecular weight excluding hydrogens is 313 g/mol. The van der Waals surface area contributed by atoms with Crippen LogP contribution in [-0.4, -0.2) is 32.2 Å². The predicted molar refractivity (Wildman–Crippen MR) is 83.1 cm³/mol. The van der Waals surface area contributed by atoms with Crippen molar-refractivity contribution in [1.82, 2.24) is 4.90 Å². The number of carbonyl (C=O) groups excluding carboxylic acids is 1. The predicted octanol–water partition coefficient (Wildman–Crippen LogP) is 2.89. The average Bonchev–Trinajstić information content (AvgIpc) is 2.67. The highest BCUT2D eigenvalue weighted by molar-refractivity contribution is 8.26. The van der Waals surface area contributed by atoms with Crippen molar-refractivity contribution in [3.63, 3.8) is 0 Å². The van der Waals surface area contributed by atoms with Gasteiger partial charge in [0.1, 0.15) is 16.2 Å². The number of halogens is 1. The van der Waals surface area contributed by atoms with E-state index >= 15 is 0 Å². The van der Waals surface area contributed by atoms with E-state index in [1.165, 1.54) is 24.3 Å². The van der Waals surface area contributed by atoms with Crippen molar-refractivity contribution in [3.8, 4) is 0 Å². The molecule has 0 aliphatic carbocycles. The standard InChI is InChI=1S/C14H12FNO3S2/c1-2-10(13(18)19)16-12(17)11(21-14(16)20)7-8-4-3-5-9(15)6-8/h3-7,10H,2H2,1H3,(H,18,19)/b11-7+/t10-/m0/s1. The highest BCUT2D eigenvalue weighted by Crippen LogP contribution is 2.34. The maximum Gasteiger partial charge on any atom is 0.326 e. The lowest BCUT2D eigenvalue weighted by atomic mass is 10.1. The fourth-order valence-corrected chi connectivity index (χ4v) is 3.32. The lowest BCUT2D eigenvalue weighted by Crippen LogP contribution is -2.43. The monoisotopic (exact) mass is 325 g/mol. The van der Waals surface area contributed by atoms with E-state index in [-0.39, 0.29) is 10.7 Å². The van der Waals surface area contributed by atoms with Crippen LogP contribution in [0.2, 0.25) is 0 Å². The Hall–Kier alpha value is -1.73. The van der Waals surface area contributed by atoms with E-state index < -0.39 is 23.7 Å². The molecule has 1 fully saturated rings. The lowest BCUT2D eigenvalue weighted by molar-refractivity contribution is -0.145. The van der Waals surface area contributed by atoms with E-state index in [1.807, 2.05) is 0 Å². The second-order valence-electron chi connectivity index (χ2n) is 4.37. The third-order valence-corrected chi connectivity index (χ3v) is 4.28. The summed E-state index contributed by atoms with van der Waals surface area (Å²) in [5.74, 6) is -1.96. The summed E-state index contributed by atoms with van der Waals surface area (Å²) in [6.45, 7) is 1.67. The summed E-state index contributed by atoms with van der Waals surface area (Å²) in [7, 11) is 0. The number of thioether (sulfide) groups is 1. The van der Waals surface area contributed by atoms with Gasteiger partial charge in [0.25, 0.3) is 5.91 Å². The molecule has 0 bridgehead atoms. The van der Waals surface area contributed by atoms with Crippen LogP contribution in [0.25, 0.3) is 6.08 Å². The first-order valence-electron chi connectivity index (χ1n) is 6.19. The van der Waals surface area contributed by atoms with Gasteiger partial charge in [0.05, 0.1) is 4.91 Å². The second kappa shape index (κ2) is 6.36. The Morgan fingerprint density at radius 3 is 2.86 bits per heavy atom. The minimum atomic E-state index is -1.10. The summed E-state index contributed by atoms with van der Waals surface area (Å²) in [5.41, 5.74) is 0.527. The van der Waals surface area contributed by atoms with Crippen LogP contribution in [0.15, 0.2) is 29.2 Å². The van der Waals surface area contributed by atoms with Crippen molar-refractivity contribution in [2.45, 2.75) is 19.4 Å². The van der Waals surface area contributed by atoms with Crippen LogP contribution in [0, 0.1) is 5.82 Å². The number of hydrogen-bond acceptors (Lipinski definition) is 4. The van der Waals surface area contributed by atoms with E-state index in [0.717, 1.165) is 16.7 Å². The molecule has 1 atom stereocenters. The number of carbonyl (C=O) groups is 2. The molecule has 1 N–H and O–H groups in total. The molecule has 1 aliphatic heterocycles. The van der Waals surface area contributed by atoms with Crippen LogP contribution in [0.3, 0.4) is 0 Å². The number of amides is 1. The topological polar surface area (TPSA) is 57.6 Å². The number of aliphatic carboxylic acids is 1. The molecule has 1 aliphatic rings. The summed E-state index contributed by atoms with van der Waals surface area (Å²) in [6, 6.07) is 4.81. The van der Waals surface area contributed by atoms with Gasteiger partial charge in [0, 0.05) is 0 Å². The molecule has 0 spiro atoms. The van der Waals surface area contributed by atoms with Crippen LogP contribution < -0.4 is 0 Å². The Balaban J connectivity index is 2.31. The summed E-state index contributed by atoms with van der Waals surface area (Å²) in [5, 5.41) is 9.15. The van der Waals surface area contributed by atoms with Crippen molar-refractivity contribution in [2.75, 3.05) is 0 Å². The molecule has 21 heavy (non-hydrogen) atoms. The van der Waals surface area contributed by atoms with Gasteiger partial charge in [-0.3, -0.25) is 9.69 Å². The van der Waals surface area contributed by atoms with E-state index in [0.29, 0.717) is 10.5 Å². The van der Waals surface area contributed by atoms with Crippen LogP contribution in [-0.2, 0) is 9.59 Å². The van der Waals surface area contributed by atoms with E-state index in [1.54, 1.807) is 13.0 Å². The fourth-order valence-electron chi connectivity index (χ4n) is 1.96. The Morgan fingerprint density at radius 2 is 2.29 bits per heavy atom. The molecule has 1 amide bonds. The zero-order valence-corrected chi connectivity index (χ0v) is 12.7. The van der Waals surface area contributed by atoms with Gasteiger partial charge in [0.15, 0.2) is 0 Å². The molecule has 0 unspecified atom stereocenters. The van der Waals surface area contributed by atoms with Gasteiger partial charge in [-0.05, 0) is 30.2 Å². The first kappa shape index (κ1) is 15.7. The van der Waals surface area contributed by atoms with Crippen molar-refractivity contribution in [2.24, 2.45) is 0 Å². The van der Waals surface area contributed by atoms with Gasteiger partial charge in [-0.1, -0.05) is 43.0 Å². The summed E-state index contributed by atoms with van der Waals surface area (Å²) in [4.78, 5) is 24.9. The average molecular weight is 325 g/mol. The zero-order chi connectivity index (χ0) is 15.6. The number of rotatable bonds is 4. The highest BCUT2D eigenvalue weighted by Gasteiger charge is 2.39. The van der Waals surface area contributed by atoms with Crippen LogP contribution in [0.1, 0.15) is 18.9 Å². The maximum atomic E-state index is 13.1. The quantitative estimate of drug-likeness (QED) is 0.681. The number of carboxylic acids is 1. The van der Waals surface area contributed by atoms with Crippen molar-refractivity contribution >= 4 is 46.3 Å².